The molecular weight excluding hydrogens is 362 g/mol. The summed E-state index contributed by atoms with van der Waals surface area (Å²) in [5.74, 6) is -2.08. The number of urea groups is 1. The molecule has 1 heterocycles. The summed E-state index contributed by atoms with van der Waals surface area (Å²) in [6.45, 7) is 3.21. The third kappa shape index (κ3) is 3.57. The molecule has 144 valence electrons. The first-order valence-corrected chi connectivity index (χ1v) is 8.53. The largest absolute Gasteiger partial charge is 0.497 e. The fraction of sp³-hybridized carbons (Fsp3) is 0.200. The van der Waals surface area contributed by atoms with Gasteiger partial charge in [-0.15, -0.1) is 0 Å². The van der Waals surface area contributed by atoms with E-state index in [1.54, 1.807) is 18.2 Å². The second-order valence-electron chi connectivity index (χ2n) is 6.38. The third-order valence-corrected chi connectivity index (χ3v) is 4.34. The van der Waals surface area contributed by atoms with Crippen LogP contribution < -0.4 is 15.0 Å². The Morgan fingerprint density at radius 3 is 2.29 bits per heavy atom. The van der Waals surface area contributed by atoms with Crippen molar-refractivity contribution in [1.29, 1.82) is 0 Å². The van der Waals surface area contributed by atoms with Crippen molar-refractivity contribution in [3.8, 4) is 5.75 Å². The highest BCUT2D eigenvalue weighted by Crippen LogP contribution is 2.24. The Bertz CT molecular complexity index is 968. The Morgan fingerprint density at radius 1 is 1.00 bits per heavy atom. The molecule has 8 nitrogen and oxygen atoms in total. The zero-order valence-corrected chi connectivity index (χ0v) is 15.7. The van der Waals surface area contributed by atoms with Crippen molar-refractivity contribution in [1.82, 2.24) is 4.90 Å². The Kier molecular flexibility index (Phi) is 5.12. The van der Waals surface area contributed by atoms with Gasteiger partial charge in [-0.2, -0.15) is 0 Å². The molecule has 5 amide bonds. The van der Waals surface area contributed by atoms with Gasteiger partial charge in [0.25, 0.3) is 0 Å². The summed E-state index contributed by atoms with van der Waals surface area (Å²) in [6, 6.07) is 10.7. The third-order valence-electron chi connectivity index (χ3n) is 4.34. The molecule has 0 aromatic heterocycles. The fourth-order valence-electron chi connectivity index (χ4n) is 2.89. The Balaban J connectivity index is 1.75. The molecule has 3 rings (SSSR count). The monoisotopic (exact) mass is 381 g/mol. The van der Waals surface area contributed by atoms with Crippen LogP contribution in [-0.4, -0.2) is 42.3 Å². The molecule has 2 aromatic carbocycles. The highest BCUT2D eigenvalue weighted by Gasteiger charge is 2.46. The maximum Gasteiger partial charge on any atom is 0.339 e. The molecule has 0 spiro atoms. The first-order chi connectivity index (χ1) is 13.3. The number of anilines is 2. The van der Waals surface area contributed by atoms with Crippen LogP contribution in [0.3, 0.4) is 0 Å². The molecule has 0 atom stereocenters. The van der Waals surface area contributed by atoms with E-state index in [1.807, 2.05) is 26.0 Å². The van der Waals surface area contributed by atoms with E-state index in [1.165, 1.54) is 19.2 Å². The normalized spacial score (nSPS) is 13.9. The molecular formula is C20H19N3O5. The molecule has 0 radical (unpaired) electrons. The van der Waals surface area contributed by atoms with E-state index < -0.39 is 30.3 Å². The second kappa shape index (κ2) is 7.51. The quantitative estimate of drug-likeness (QED) is 0.633. The average molecular weight is 381 g/mol. The lowest BCUT2D eigenvalue weighted by Gasteiger charge is -2.16. The molecule has 2 aromatic rings. The molecule has 28 heavy (non-hydrogen) atoms. The predicted molar refractivity (Wildman–Crippen MR) is 102 cm³/mol. The number of imide groups is 2. The zero-order valence-electron chi connectivity index (χ0n) is 15.7. The Hall–Kier alpha value is -3.68. The number of carbonyl (C=O) groups excluding carboxylic acids is 4. The summed E-state index contributed by atoms with van der Waals surface area (Å²) in [7, 11) is 1.49. The van der Waals surface area contributed by atoms with Crippen LogP contribution in [0.25, 0.3) is 0 Å². The fourth-order valence-corrected chi connectivity index (χ4v) is 2.89. The SMILES string of the molecule is COc1ccc(N2C(=O)C(=O)N(CC(=O)Nc3ccc(C)cc3C)C2=O)cc1. The number of nitrogens with one attached hydrogen (secondary N) is 1. The van der Waals surface area contributed by atoms with Gasteiger partial charge in [0, 0.05) is 5.69 Å². The highest BCUT2D eigenvalue weighted by atomic mass is 16.5. The van der Waals surface area contributed by atoms with Gasteiger partial charge in [-0.25, -0.2) is 14.6 Å². The van der Waals surface area contributed by atoms with Crippen molar-refractivity contribution < 1.29 is 23.9 Å². The first-order valence-electron chi connectivity index (χ1n) is 8.53. The van der Waals surface area contributed by atoms with E-state index in [-0.39, 0.29) is 5.69 Å². The van der Waals surface area contributed by atoms with Gasteiger partial charge >= 0.3 is 17.8 Å². The molecule has 1 aliphatic heterocycles. The van der Waals surface area contributed by atoms with Crippen LogP contribution in [0, 0.1) is 13.8 Å². The molecule has 1 N–H and O–H groups in total. The lowest BCUT2D eigenvalue weighted by Crippen LogP contribution is -2.39. The molecule has 0 saturated carbocycles. The second-order valence-corrected chi connectivity index (χ2v) is 6.38. The molecule has 0 aliphatic carbocycles. The first kappa shape index (κ1) is 19.1. The average Bonchev–Trinajstić information content (AvgIpc) is 2.87. The summed E-state index contributed by atoms with van der Waals surface area (Å²) in [5.41, 5.74) is 2.69. The van der Waals surface area contributed by atoms with Crippen LogP contribution in [0.1, 0.15) is 11.1 Å². The summed E-state index contributed by atoms with van der Waals surface area (Å²) in [4.78, 5) is 50.8. The lowest BCUT2D eigenvalue weighted by atomic mass is 10.1. The number of rotatable bonds is 5. The van der Waals surface area contributed by atoms with Gasteiger partial charge in [0.2, 0.25) is 5.91 Å². The van der Waals surface area contributed by atoms with Gasteiger partial charge < -0.3 is 10.1 Å². The maximum absolute atomic E-state index is 12.6. The van der Waals surface area contributed by atoms with Crippen LogP contribution in [0.4, 0.5) is 16.2 Å². The minimum absolute atomic E-state index is 0.224. The van der Waals surface area contributed by atoms with Crippen molar-refractivity contribution in [2.75, 3.05) is 23.9 Å². The van der Waals surface area contributed by atoms with Gasteiger partial charge in [-0.1, -0.05) is 17.7 Å². The predicted octanol–water partition coefficient (Wildman–Crippen LogP) is 2.25. The molecule has 1 fully saturated rings. The number of amides is 5. The van der Waals surface area contributed by atoms with Gasteiger partial charge in [0.05, 0.1) is 12.8 Å². The maximum atomic E-state index is 12.6. The van der Waals surface area contributed by atoms with E-state index in [0.29, 0.717) is 16.3 Å². The summed E-state index contributed by atoms with van der Waals surface area (Å²) in [5, 5.41) is 2.66. The zero-order chi connectivity index (χ0) is 20.4. The number of hydrogen-bond acceptors (Lipinski definition) is 5. The van der Waals surface area contributed by atoms with Crippen LogP contribution in [0.2, 0.25) is 0 Å². The summed E-state index contributed by atoms with van der Waals surface area (Å²) in [6.07, 6.45) is 0. The van der Waals surface area contributed by atoms with Crippen molar-refractivity contribution >= 4 is 35.1 Å². The number of benzene rings is 2. The van der Waals surface area contributed by atoms with Gasteiger partial charge in [-0.3, -0.25) is 14.4 Å². The minimum Gasteiger partial charge on any atom is -0.497 e. The molecule has 8 heteroatoms. The molecule has 0 unspecified atom stereocenters. The van der Waals surface area contributed by atoms with Crippen LogP contribution in [0.5, 0.6) is 5.75 Å². The van der Waals surface area contributed by atoms with Crippen molar-refractivity contribution in [3.63, 3.8) is 0 Å². The Morgan fingerprint density at radius 2 is 1.68 bits per heavy atom. The number of ether oxygens (including phenoxy) is 1. The van der Waals surface area contributed by atoms with Crippen molar-refractivity contribution in [3.05, 3.63) is 53.6 Å². The molecule has 1 saturated heterocycles. The lowest BCUT2D eigenvalue weighted by molar-refractivity contribution is -0.140. The van der Waals surface area contributed by atoms with Gasteiger partial charge in [-0.05, 0) is 49.7 Å². The number of hydrogen-bond donors (Lipinski definition) is 1. The van der Waals surface area contributed by atoms with E-state index in [0.717, 1.165) is 16.0 Å². The number of aryl methyl sites for hydroxylation is 2. The topological polar surface area (TPSA) is 96.0 Å². The summed E-state index contributed by atoms with van der Waals surface area (Å²) < 4.78 is 5.04. The van der Waals surface area contributed by atoms with Crippen molar-refractivity contribution in [2.45, 2.75) is 13.8 Å². The van der Waals surface area contributed by atoms with E-state index in [4.69, 9.17) is 4.74 Å². The molecule has 0 bridgehead atoms. The molecule has 1 aliphatic rings. The van der Waals surface area contributed by atoms with Crippen LogP contribution in [0.15, 0.2) is 42.5 Å². The minimum atomic E-state index is -1.04. The number of nitrogens with zero attached hydrogens (tertiary/aromatic N) is 2. The van der Waals surface area contributed by atoms with Crippen molar-refractivity contribution in [2.24, 2.45) is 0 Å². The summed E-state index contributed by atoms with van der Waals surface area (Å²) >= 11 is 0. The van der Waals surface area contributed by atoms with Gasteiger partial charge in [0.15, 0.2) is 0 Å². The highest BCUT2D eigenvalue weighted by molar-refractivity contribution is 6.53. The van der Waals surface area contributed by atoms with Crippen LogP contribution >= 0.6 is 0 Å². The number of carbonyl (C=O) groups is 4. The smallest absolute Gasteiger partial charge is 0.339 e. The van der Waals surface area contributed by atoms with Gasteiger partial charge in [0.1, 0.15) is 12.3 Å². The standard InChI is InChI=1S/C20H19N3O5/c1-12-4-9-16(13(2)10-12)21-17(24)11-22-18(25)19(26)23(20(22)27)14-5-7-15(28-3)8-6-14/h4-10H,11H2,1-3H3,(H,21,24). The Labute approximate surface area is 161 Å². The van der Waals surface area contributed by atoms with E-state index >= 15 is 0 Å². The van der Waals surface area contributed by atoms with E-state index in [9.17, 15) is 19.2 Å². The number of methoxy groups -OCH3 is 1. The van der Waals surface area contributed by atoms with E-state index in [2.05, 4.69) is 5.32 Å². The van der Waals surface area contributed by atoms with Crippen LogP contribution in [-0.2, 0) is 14.4 Å².